The van der Waals surface area contributed by atoms with Gasteiger partial charge in [0, 0.05) is 11.6 Å². The standard InChI is InChI=1S/C17H23ClN2O3S/c1-13(17(21)19-12-14-7-4-3-5-8-14)20(24(2,22)23)16-10-6-9-15(18)11-16/h6-7,9-11,13H,3-5,8,12H2,1-2H3,(H,19,21)/t13-/m1/s1. The van der Waals surface area contributed by atoms with E-state index in [1.165, 1.54) is 18.1 Å². The molecule has 0 aliphatic heterocycles. The topological polar surface area (TPSA) is 66.5 Å². The normalized spacial score (nSPS) is 16.2. The molecule has 7 heteroatoms. The molecule has 0 heterocycles. The molecule has 0 spiro atoms. The summed E-state index contributed by atoms with van der Waals surface area (Å²) < 4.78 is 25.5. The van der Waals surface area contributed by atoms with Crippen molar-refractivity contribution in [2.24, 2.45) is 0 Å². The van der Waals surface area contributed by atoms with E-state index in [2.05, 4.69) is 11.4 Å². The number of anilines is 1. The van der Waals surface area contributed by atoms with Crippen LogP contribution in [0.3, 0.4) is 0 Å². The number of amides is 1. The summed E-state index contributed by atoms with van der Waals surface area (Å²) in [5, 5.41) is 3.26. The van der Waals surface area contributed by atoms with Crippen LogP contribution in [0.25, 0.3) is 0 Å². The second-order valence-corrected chi connectivity index (χ2v) is 8.34. The first-order valence-electron chi connectivity index (χ1n) is 7.99. The predicted molar refractivity (Wildman–Crippen MR) is 97.8 cm³/mol. The van der Waals surface area contributed by atoms with Crippen LogP contribution in [0.4, 0.5) is 5.69 Å². The fourth-order valence-electron chi connectivity index (χ4n) is 2.84. The summed E-state index contributed by atoms with van der Waals surface area (Å²) in [5.41, 5.74) is 1.58. The Hall–Kier alpha value is -1.53. The Labute approximate surface area is 148 Å². The Kier molecular flexibility index (Phi) is 6.29. The minimum Gasteiger partial charge on any atom is -0.351 e. The number of halogens is 1. The first-order chi connectivity index (χ1) is 11.3. The maximum Gasteiger partial charge on any atom is 0.243 e. The van der Waals surface area contributed by atoms with Gasteiger partial charge in [-0.15, -0.1) is 0 Å². The number of hydrogen-bond donors (Lipinski definition) is 1. The third-order valence-corrected chi connectivity index (χ3v) is 5.50. The Morgan fingerprint density at radius 2 is 2.12 bits per heavy atom. The average molecular weight is 371 g/mol. The van der Waals surface area contributed by atoms with Crippen LogP contribution in [0.15, 0.2) is 35.9 Å². The summed E-state index contributed by atoms with van der Waals surface area (Å²) >= 11 is 5.96. The number of benzene rings is 1. The van der Waals surface area contributed by atoms with Gasteiger partial charge in [-0.1, -0.05) is 29.3 Å². The number of sulfonamides is 1. The molecule has 1 amide bonds. The minimum atomic E-state index is -3.62. The summed E-state index contributed by atoms with van der Waals surface area (Å²) in [6, 6.07) is 5.62. The van der Waals surface area contributed by atoms with E-state index < -0.39 is 16.1 Å². The summed E-state index contributed by atoms with van der Waals surface area (Å²) in [7, 11) is -3.62. The molecule has 0 saturated heterocycles. The van der Waals surface area contributed by atoms with Gasteiger partial charge in [-0.25, -0.2) is 8.42 Å². The van der Waals surface area contributed by atoms with Gasteiger partial charge in [0.15, 0.2) is 0 Å². The summed E-state index contributed by atoms with van der Waals surface area (Å²) in [5.74, 6) is -0.327. The van der Waals surface area contributed by atoms with E-state index in [-0.39, 0.29) is 5.91 Å². The van der Waals surface area contributed by atoms with Crippen molar-refractivity contribution in [2.45, 2.75) is 38.6 Å². The first kappa shape index (κ1) is 18.8. The van der Waals surface area contributed by atoms with Crippen molar-refractivity contribution in [3.63, 3.8) is 0 Å². The van der Waals surface area contributed by atoms with Crippen LogP contribution >= 0.6 is 11.6 Å². The van der Waals surface area contributed by atoms with Crippen molar-refractivity contribution in [3.05, 3.63) is 40.9 Å². The van der Waals surface area contributed by atoms with Crippen molar-refractivity contribution in [1.82, 2.24) is 5.32 Å². The molecule has 1 aliphatic rings. The molecule has 2 rings (SSSR count). The van der Waals surface area contributed by atoms with Crippen LogP contribution < -0.4 is 9.62 Å². The van der Waals surface area contributed by atoms with Crippen LogP contribution in [0.5, 0.6) is 0 Å². The Bertz CT molecular complexity index is 731. The molecule has 1 aliphatic carbocycles. The molecule has 0 fully saturated rings. The zero-order valence-electron chi connectivity index (χ0n) is 14.0. The molecule has 0 radical (unpaired) electrons. The third kappa shape index (κ3) is 4.98. The maximum atomic E-state index is 12.5. The van der Waals surface area contributed by atoms with E-state index >= 15 is 0 Å². The quantitative estimate of drug-likeness (QED) is 0.782. The highest BCUT2D eigenvalue weighted by atomic mass is 35.5. The van der Waals surface area contributed by atoms with Crippen LogP contribution in [-0.4, -0.2) is 33.2 Å². The molecular weight excluding hydrogens is 348 g/mol. The minimum absolute atomic E-state index is 0.327. The SMILES string of the molecule is C[C@H](C(=O)NCC1=CCCCC1)N(c1cccc(Cl)c1)S(C)(=O)=O. The maximum absolute atomic E-state index is 12.5. The molecule has 24 heavy (non-hydrogen) atoms. The Morgan fingerprint density at radius 3 is 2.71 bits per heavy atom. The molecule has 1 aromatic rings. The van der Waals surface area contributed by atoms with Gasteiger partial charge in [0.1, 0.15) is 6.04 Å². The van der Waals surface area contributed by atoms with Crippen molar-refractivity contribution >= 4 is 33.2 Å². The van der Waals surface area contributed by atoms with Crippen molar-refractivity contribution < 1.29 is 13.2 Å². The Balaban J connectivity index is 2.14. The van der Waals surface area contributed by atoms with E-state index in [0.717, 1.165) is 29.8 Å². The highest BCUT2D eigenvalue weighted by Gasteiger charge is 2.29. The predicted octanol–water partition coefficient (Wildman–Crippen LogP) is 3.11. The number of carbonyl (C=O) groups is 1. The fourth-order valence-corrected chi connectivity index (χ4v) is 4.19. The molecule has 1 aromatic carbocycles. The van der Waals surface area contributed by atoms with Crippen molar-refractivity contribution in [1.29, 1.82) is 0 Å². The van der Waals surface area contributed by atoms with Gasteiger partial charge in [-0.2, -0.15) is 0 Å². The molecule has 0 saturated carbocycles. The molecule has 1 N–H and O–H groups in total. The van der Waals surface area contributed by atoms with Gasteiger partial charge in [-0.3, -0.25) is 9.10 Å². The number of nitrogens with zero attached hydrogens (tertiary/aromatic N) is 1. The Morgan fingerprint density at radius 1 is 1.38 bits per heavy atom. The van der Waals surface area contributed by atoms with Gasteiger partial charge >= 0.3 is 0 Å². The van der Waals surface area contributed by atoms with Crippen LogP contribution in [0.1, 0.15) is 32.6 Å². The average Bonchev–Trinajstić information content (AvgIpc) is 2.52. The lowest BCUT2D eigenvalue weighted by Gasteiger charge is -2.28. The van der Waals surface area contributed by atoms with Crippen molar-refractivity contribution in [2.75, 3.05) is 17.1 Å². The van der Waals surface area contributed by atoms with Gasteiger partial charge in [0.2, 0.25) is 15.9 Å². The van der Waals surface area contributed by atoms with E-state index in [9.17, 15) is 13.2 Å². The molecule has 0 unspecified atom stereocenters. The molecule has 1 atom stereocenters. The third-order valence-electron chi connectivity index (χ3n) is 4.03. The highest BCUT2D eigenvalue weighted by molar-refractivity contribution is 7.92. The van der Waals surface area contributed by atoms with Gasteiger partial charge in [-0.05, 0) is 50.8 Å². The van der Waals surface area contributed by atoms with E-state index in [0.29, 0.717) is 17.3 Å². The van der Waals surface area contributed by atoms with E-state index in [1.807, 2.05) is 0 Å². The second-order valence-electron chi connectivity index (χ2n) is 6.04. The first-order valence-corrected chi connectivity index (χ1v) is 10.2. The number of rotatable bonds is 6. The number of carbonyl (C=O) groups excluding carboxylic acids is 1. The van der Waals surface area contributed by atoms with Crippen molar-refractivity contribution in [3.8, 4) is 0 Å². The highest BCUT2D eigenvalue weighted by Crippen LogP contribution is 2.24. The van der Waals surface area contributed by atoms with Gasteiger partial charge in [0.25, 0.3) is 0 Å². The van der Waals surface area contributed by atoms with Crippen LogP contribution in [0, 0.1) is 0 Å². The lowest BCUT2D eigenvalue weighted by molar-refractivity contribution is -0.121. The molecule has 0 bridgehead atoms. The number of nitrogens with one attached hydrogen (secondary N) is 1. The summed E-state index contributed by atoms with van der Waals surface area (Å²) in [4.78, 5) is 12.5. The molecule has 132 valence electrons. The summed E-state index contributed by atoms with van der Waals surface area (Å²) in [6.45, 7) is 2.04. The molecule has 5 nitrogen and oxygen atoms in total. The smallest absolute Gasteiger partial charge is 0.243 e. The van der Waals surface area contributed by atoms with E-state index in [1.54, 1.807) is 25.1 Å². The van der Waals surface area contributed by atoms with E-state index in [4.69, 9.17) is 11.6 Å². The molecular formula is C17H23ClN2O3S. The second kappa shape index (κ2) is 8.03. The zero-order valence-corrected chi connectivity index (χ0v) is 15.5. The van der Waals surface area contributed by atoms with Crippen LogP contribution in [-0.2, 0) is 14.8 Å². The van der Waals surface area contributed by atoms with Crippen LogP contribution in [0.2, 0.25) is 5.02 Å². The summed E-state index contributed by atoms with van der Waals surface area (Å²) in [6.07, 6.45) is 7.58. The fraction of sp³-hybridized carbons (Fsp3) is 0.471. The lowest BCUT2D eigenvalue weighted by atomic mass is 10.00. The lowest BCUT2D eigenvalue weighted by Crippen LogP contribution is -2.48. The number of hydrogen-bond acceptors (Lipinski definition) is 3. The number of allylic oxidation sites excluding steroid dienone is 1. The zero-order chi connectivity index (χ0) is 17.7. The largest absolute Gasteiger partial charge is 0.351 e. The van der Waals surface area contributed by atoms with Gasteiger partial charge in [0.05, 0.1) is 11.9 Å². The van der Waals surface area contributed by atoms with Gasteiger partial charge < -0.3 is 5.32 Å². The molecule has 0 aromatic heterocycles. The monoisotopic (exact) mass is 370 g/mol.